The molecule has 0 bridgehead atoms. The minimum absolute atomic E-state index is 0.258. The number of esters is 1. The third-order valence-electron chi connectivity index (χ3n) is 3.34. The van der Waals surface area contributed by atoms with Crippen LogP contribution in [-0.4, -0.2) is 18.5 Å². The number of hydrogen-bond donors (Lipinski definition) is 1. The van der Waals surface area contributed by atoms with Crippen molar-refractivity contribution in [1.82, 2.24) is 0 Å². The highest BCUT2D eigenvalue weighted by Crippen LogP contribution is 2.46. The lowest BCUT2D eigenvalue weighted by molar-refractivity contribution is 0.0527. The van der Waals surface area contributed by atoms with Crippen molar-refractivity contribution in [3.05, 3.63) is 37.9 Å². The first-order chi connectivity index (χ1) is 10.6. The van der Waals surface area contributed by atoms with Gasteiger partial charge < -0.3 is 10.1 Å². The summed E-state index contributed by atoms with van der Waals surface area (Å²) in [4.78, 5) is 25.0. The molecule has 1 aliphatic rings. The quantitative estimate of drug-likeness (QED) is 0.786. The molecule has 7 heteroatoms. The molecule has 0 aliphatic heterocycles. The van der Waals surface area contributed by atoms with Crippen LogP contribution in [-0.2, 0) is 4.74 Å². The number of thiophene rings is 2. The number of ether oxygens (including phenoxy) is 1. The fourth-order valence-electron chi connectivity index (χ4n) is 2.17. The molecule has 1 saturated carbocycles. The summed E-state index contributed by atoms with van der Waals surface area (Å²) >= 11 is 8.43. The largest absolute Gasteiger partial charge is 0.462 e. The Labute approximate surface area is 141 Å². The van der Waals surface area contributed by atoms with Gasteiger partial charge >= 0.3 is 5.97 Å². The number of hydrogen-bond acceptors (Lipinski definition) is 5. The van der Waals surface area contributed by atoms with Gasteiger partial charge in [-0.15, -0.1) is 22.7 Å². The molecule has 0 atom stereocenters. The second kappa shape index (κ2) is 6.40. The molecule has 0 saturated heterocycles. The van der Waals surface area contributed by atoms with Gasteiger partial charge in [-0.1, -0.05) is 11.6 Å². The number of halogens is 1. The highest BCUT2D eigenvalue weighted by atomic mass is 35.5. The van der Waals surface area contributed by atoms with Crippen LogP contribution < -0.4 is 5.32 Å². The minimum atomic E-state index is -0.370. The summed E-state index contributed by atoms with van der Waals surface area (Å²) in [6.45, 7) is 2.08. The van der Waals surface area contributed by atoms with Gasteiger partial charge in [0.1, 0.15) is 5.00 Å². The summed E-state index contributed by atoms with van der Waals surface area (Å²) in [6, 6.07) is 3.35. The average Bonchev–Trinajstić information content (AvgIpc) is 3.10. The molecule has 1 aliphatic carbocycles. The number of nitrogens with one attached hydrogen (secondary N) is 1. The van der Waals surface area contributed by atoms with E-state index in [0.717, 1.165) is 18.4 Å². The van der Waals surface area contributed by atoms with Crippen LogP contribution >= 0.6 is 34.3 Å². The van der Waals surface area contributed by atoms with Gasteiger partial charge in [0.05, 0.1) is 21.4 Å². The topological polar surface area (TPSA) is 55.4 Å². The van der Waals surface area contributed by atoms with E-state index in [2.05, 4.69) is 5.32 Å². The van der Waals surface area contributed by atoms with Gasteiger partial charge in [0.25, 0.3) is 5.91 Å². The third kappa shape index (κ3) is 3.19. The molecule has 0 radical (unpaired) electrons. The van der Waals surface area contributed by atoms with Crippen LogP contribution in [0.4, 0.5) is 5.00 Å². The molecular weight excluding hydrogens is 342 g/mol. The molecule has 2 aromatic heterocycles. The zero-order valence-electron chi connectivity index (χ0n) is 11.8. The van der Waals surface area contributed by atoms with Gasteiger partial charge in [-0.05, 0) is 48.8 Å². The third-order valence-corrected chi connectivity index (χ3v) is 5.48. The van der Waals surface area contributed by atoms with Crippen LogP contribution in [0, 0.1) is 0 Å². The fraction of sp³-hybridized carbons (Fsp3) is 0.333. The van der Waals surface area contributed by atoms with Gasteiger partial charge in [0.15, 0.2) is 0 Å². The molecule has 1 amide bonds. The first-order valence-electron chi connectivity index (χ1n) is 6.95. The number of amides is 1. The van der Waals surface area contributed by atoms with Crippen molar-refractivity contribution in [2.24, 2.45) is 0 Å². The van der Waals surface area contributed by atoms with E-state index in [9.17, 15) is 9.59 Å². The van der Waals surface area contributed by atoms with E-state index in [1.54, 1.807) is 19.1 Å². The average molecular weight is 356 g/mol. The Morgan fingerprint density at radius 1 is 1.41 bits per heavy atom. The SMILES string of the molecule is CCOC(=O)c1c(C2CC2)csc1NC(=O)c1ccc(Cl)s1. The normalized spacial score (nSPS) is 13.9. The van der Waals surface area contributed by atoms with Gasteiger partial charge in [-0.3, -0.25) is 4.79 Å². The van der Waals surface area contributed by atoms with Gasteiger partial charge in [-0.2, -0.15) is 0 Å². The van der Waals surface area contributed by atoms with Gasteiger partial charge in [0.2, 0.25) is 0 Å². The van der Waals surface area contributed by atoms with Crippen LogP contribution in [0.1, 0.15) is 51.3 Å². The maximum atomic E-state index is 12.3. The molecule has 0 spiro atoms. The Morgan fingerprint density at radius 3 is 2.77 bits per heavy atom. The highest BCUT2D eigenvalue weighted by molar-refractivity contribution is 7.18. The van der Waals surface area contributed by atoms with Crippen LogP contribution in [0.25, 0.3) is 0 Å². The summed E-state index contributed by atoms with van der Waals surface area (Å²) < 4.78 is 5.69. The molecule has 4 nitrogen and oxygen atoms in total. The lowest BCUT2D eigenvalue weighted by Gasteiger charge is -2.07. The molecular formula is C15H14ClNO3S2. The van der Waals surface area contributed by atoms with E-state index < -0.39 is 0 Å². The summed E-state index contributed by atoms with van der Waals surface area (Å²) in [7, 11) is 0. The molecule has 1 N–H and O–H groups in total. The van der Waals surface area contributed by atoms with Crippen molar-refractivity contribution in [2.45, 2.75) is 25.7 Å². The molecule has 3 rings (SSSR count). The van der Waals surface area contributed by atoms with Crippen LogP contribution in [0.15, 0.2) is 17.5 Å². The molecule has 2 aromatic rings. The summed E-state index contributed by atoms with van der Waals surface area (Å²) in [5.74, 6) is -0.214. The van der Waals surface area contributed by atoms with Crippen molar-refractivity contribution in [3.8, 4) is 0 Å². The predicted octanol–water partition coefficient (Wildman–Crippen LogP) is 4.77. The number of carbonyl (C=O) groups is 2. The maximum Gasteiger partial charge on any atom is 0.341 e. The lowest BCUT2D eigenvalue weighted by atomic mass is 10.1. The van der Waals surface area contributed by atoms with Crippen molar-refractivity contribution < 1.29 is 14.3 Å². The lowest BCUT2D eigenvalue weighted by Crippen LogP contribution is -2.14. The molecule has 0 aromatic carbocycles. The van der Waals surface area contributed by atoms with Crippen molar-refractivity contribution in [2.75, 3.05) is 11.9 Å². The van der Waals surface area contributed by atoms with E-state index in [0.29, 0.717) is 32.3 Å². The first-order valence-corrected chi connectivity index (χ1v) is 9.02. The Balaban J connectivity index is 1.86. The van der Waals surface area contributed by atoms with Crippen LogP contribution in [0.3, 0.4) is 0 Å². The summed E-state index contributed by atoms with van der Waals surface area (Å²) in [5, 5.41) is 5.31. The van der Waals surface area contributed by atoms with E-state index in [4.69, 9.17) is 16.3 Å². The fourth-order valence-corrected chi connectivity index (χ4v) is 4.14. The van der Waals surface area contributed by atoms with E-state index in [1.807, 2.05) is 5.38 Å². The summed E-state index contributed by atoms with van der Waals surface area (Å²) in [6.07, 6.45) is 2.16. The van der Waals surface area contributed by atoms with Gasteiger partial charge in [0, 0.05) is 0 Å². The van der Waals surface area contributed by atoms with E-state index >= 15 is 0 Å². The van der Waals surface area contributed by atoms with Crippen molar-refractivity contribution >= 4 is 51.2 Å². The second-order valence-electron chi connectivity index (χ2n) is 4.95. The predicted molar refractivity (Wildman–Crippen MR) is 89.5 cm³/mol. The minimum Gasteiger partial charge on any atom is -0.462 e. The Hall–Kier alpha value is -1.37. The zero-order chi connectivity index (χ0) is 15.7. The smallest absolute Gasteiger partial charge is 0.341 e. The van der Waals surface area contributed by atoms with E-state index in [-0.39, 0.29) is 11.9 Å². The number of rotatable bonds is 5. The molecule has 116 valence electrons. The van der Waals surface area contributed by atoms with Crippen molar-refractivity contribution in [3.63, 3.8) is 0 Å². The Bertz CT molecular complexity index is 718. The number of carbonyl (C=O) groups excluding carboxylic acids is 2. The Morgan fingerprint density at radius 2 is 2.18 bits per heavy atom. The molecule has 22 heavy (non-hydrogen) atoms. The van der Waals surface area contributed by atoms with Gasteiger partial charge in [-0.25, -0.2) is 4.79 Å². The molecule has 1 fully saturated rings. The van der Waals surface area contributed by atoms with Crippen LogP contribution in [0.5, 0.6) is 0 Å². The standard InChI is InChI=1S/C15H14ClNO3S2/c1-2-20-15(19)12-9(8-3-4-8)7-21-14(12)17-13(18)10-5-6-11(16)22-10/h5-8H,2-4H2,1H3,(H,17,18). The second-order valence-corrected chi connectivity index (χ2v) is 7.54. The van der Waals surface area contributed by atoms with E-state index in [1.165, 1.54) is 22.7 Å². The van der Waals surface area contributed by atoms with Crippen molar-refractivity contribution in [1.29, 1.82) is 0 Å². The molecule has 0 unspecified atom stereocenters. The maximum absolute atomic E-state index is 12.3. The Kier molecular flexibility index (Phi) is 4.52. The summed E-state index contributed by atoms with van der Waals surface area (Å²) in [5.41, 5.74) is 1.49. The first kappa shape index (κ1) is 15.5. The monoisotopic (exact) mass is 355 g/mol. The highest BCUT2D eigenvalue weighted by Gasteiger charge is 2.32. The van der Waals surface area contributed by atoms with Crippen LogP contribution in [0.2, 0.25) is 4.34 Å². The molecule has 2 heterocycles. The number of anilines is 1. The zero-order valence-corrected chi connectivity index (χ0v) is 14.2.